The molecule has 5 heteroatoms. The van der Waals surface area contributed by atoms with Crippen LogP contribution in [0.25, 0.3) is 0 Å². The van der Waals surface area contributed by atoms with Gasteiger partial charge in [0.1, 0.15) is 5.15 Å². The Balaban J connectivity index is 2.22. The summed E-state index contributed by atoms with van der Waals surface area (Å²) in [6, 6.07) is 0. The van der Waals surface area contributed by atoms with Gasteiger partial charge in [-0.1, -0.05) is 11.6 Å². The fraction of sp³-hybridized carbons (Fsp3) is 0.556. The van der Waals surface area contributed by atoms with E-state index in [9.17, 15) is 0 Å². The van der Waals surface area contributed by atoms with Crippen molar-refractivity contribution in [1.29, 1.82) is 0 Å². The van der Waals surface area contributed by atoms with Gasteiger partial charge in [-0.3, -0.25) is 0 Å². The van der Waals surface area contributed by atoms with Gasteiger partial charge in [0.05, 0.1) is 0 Å². The summed E-state index contributed by atoms with van der Waals surface area (Å²) in [4.78, 5) is 7.90. The van der Waals surface area contributed by atoms with E-state index in [2.05, 4.69) is 9.97 Å². The van der Waals surface area contributed by atoms with Crippen LogP contribution in [-0.4, -0.2) is 23.2 Å². The van der Waals surface area contributed by atoms with Gasteiger partial charge in [-0.05, 0) is 18.8 Å². The van der Waals surface area contributed by atoms with Crippen LogP contribution in [-0.2, 0) is 4.74 Å². The Bertz CT molecular complexity index is 326. The average Bonchev–Trinajstić information content (AvgIpc) is 2.19. The van der Waals surface area contributed by atoms with Crippen molar-refractivity contribution in [3.63, 3.8) is 0 Å². The summed E-state index contributed by atoms with van der Waals surface area (Å²) >= 11 is 5.99. The normalized spacial score (nSPS) is 18.4. The number of aromatic nitrogens is 2. The molecule has 0 amide bonds. The molecule has 1 saturated heterocycles. The Morgan fingerprint density at radius 3 is 2.79 bits per heavy atom. The first-order valence-corrected chi connectivity index (χ1v) is 5.01. The first kappa shape index (κ1) is 9.68. The monoisotopic (exact) mass is 213 g/mol. The number of ether oxygens (including phenoxy) is 1. The fourth-order valence-corrected chi connectivity index (χ4v) is 1.96. The molecule has 0 radical (unpaired) electrons. The quantitative estimate of drug-likeness (QED) is 0.720. The molecular weight excluding hydrogens is 202 g/mol. The highest BCUT2D eigenvalue weighted by atomic mass is 35.5. The second kappa shape index (κ2) is 4.11. The minimum Gasteiger partial charge on any atom is -0.381 e. The average molecular weight is 214 g/mol. The molecular formula is C9H12ClN3O. The number of nitrogens with two attached hydrogens (primary N) is 1. The number of halogens is 1. The maximum Gasteiger partial charge on any atom is 0.221 e. The van der Waals surface area contributed by atoms with E-state index >= 15 is 0 Å². The van der Waals surface area contributed by atoms with Crippen LogP contribution >= 0.6 is 11.6 Å². The first-order chi connectivity index (χ1) is 6.77. The van der Waals surface area contributed by atoms with Gasteiger partial charge in [0.2, 0.25) is 5.95 Å². The molecule has 2 N–H and O–H groups in total. The molecule has 0 atom stereocenters. The van der Waals surface area contributed by atoms with E-state index in [1.165, 1.54) is 0 Å². The third kappa shape index (κ3) is 1.96. The number of hydrogen-bond donors (Lipinski definition) is 1. The molecule has 0 spiro atoms. The molecule has 76 valence electrons. The predicted molar refractivity (Wildman–Crippen MR) is 54.2 cm³/mol. The zero-order valence-corrected chi connectivity index (χ0v) is 8.50. The lowest BCUT2D eigenvalue weighted by atomic mass is 9.94. The molecule has 1 aromatic heterocycles. The Morgan fingerprint density at radius 2 is 2.14 bits per heavy atom. The van der Waals surface area contributed by atoms with Crippen LogP contribution < -0.4 is 5.73 Å². The molecule has 1 aliphatic rings. The van der Waals surface area contributed by atoms with E-state index in [-0.39, 0.29) is 5.95 Å². The Kier molecular flexibility index (Phi) is 2.84. The zero-order chi connectivity index (χ0) is 9.97. The lowest BCUT2D eigenvalue weighted by molar-refractivity contribution is 0.0852. The van der Waals surface area contributed by atoms with E-state index < -0.39 is 0 Å². The van der Waals surface area contributed by atoms with Gasteiger partial charge >= 0.3 is 0 Å². The second-order valence-corrected chi connectivity index (χ2v) is 3.72. The summed E-state index contributed by atoms with van der Waals surface area (Å²) in [5, 5.41) is 0.476. The standard InChI is InChI=1S/C9H12ClN3O/c10-8-7(5-12-9(11)13-8)6-1-3-14-4-2-6/h5-6H,1-4H2,(H2,11,12,13). The van der Waals surface area contributed by atoms with Crippen LogP contribution in [0.3, 0.4) is 0 Å². The summed E-state index contributed by atoms with van der Waals surface area (Å²) in [5.41, 5.74) is 6.42. The van der Waals surface area contributed by atoms with Crippen molar-refractivity contribution in [2.24, 2.45) is 0 Å². The van der Waals surface area contributed by atoms with E-state index in [4.69, 9.17) is 22.1 Å². The summed E-state index contributed by atoms with van der Waals surface area (Å²) in [6.45, 7) is 1.57. The minimum atomic E-state index is 0.228. The smallest absolute Gasteiger partial charge is 0.221 e. The first-order valence-electron chi connectivity index (χ1n) is 4.63. The van der Waals surface area contributed by atoms with Gasteiger partial charge in [-0.25, -0.2) is 9.97 Å². The van der Waals surface area contributed by atoms with Gasteiger partial charge in [-0.2, -0.15) is 0 Å². The van der Waals surface area contributed by atoms with Crippen molar-refractivity contribution >= 4 is 17.5 Å². The van der Waals surface area contributed by atoms with E-state index in [0.29, 0.717) is 11.1 Å². The van der Waals surface area contributed by atoms with Gasteiger partial charge in [0.25, 0.3) is 0 Å². The number of anilines is 1. The molecule has 1 aliphatic heterocycles. The predicted octanol–water partition coefficient (Wildman–Crippen LogP) is 1.61. The third-order valence-electron chi connectivity index (χ3n) is 2.45. The molecule has 0 bridgehead atoms. The van der Waals surface area contributed by atoms with Gasteiger partial charge < -0.3 is 10.5 Å². The van der Waals surface area contributed by atoms with Crippen molar-refractivity contribution < 1.29 is 4.74 Å². The Morgan fingerprint density at radius 1 is 1.43 bits per heavy atom. The van der Waals surface area contributed by atoms with E-state index in [1.807, 2.05) is 0 Å². The lowest BCUT2D eigenvalue weighted by Gasteiger charge is -2.22. The molecule has 1 aromatic rings. The van der Waals surface area contributed by atoms with Crippen LogP contribution in [0.1, 0.15) is 24.3 Å². The number of rotatable bonds is 1. The maximum absolute atomic E-state index is 5.99. The molecule has 0 unspecified atom stereocenters. The largest absolute Gasteiger partial charge is 0.381 e. The molecule has 0 saturated carbocycles. The van der Waals surface area contributed by atoms with Crippen LogP contribution in [0.15, 0.2) is 6.20 Å². The molecule has 4 nitrogen and oxygen atoms in total. The second-order valence-electron chi connectivity index (χ2n) is 3.36. The van der Waals surface area contributed by atoms with Gasteiger partial charge in [-0.15, -0.1) is 0 Å². The Labute approximate surface area is 87.4 Å². The molecule has 2 heterocycles. The van der Waals surface area contributed by atoms with E-state index in [0.717, 1.165) is 31.6 Å². The van der Waals surface area contributed by atoms with Crippen molar-refractivity contribution in [1.82, 2.24) is 9.97 Å². The summed E-state index contributed by atoms with van der Waals surface area (Å²) < 4.78 is 5.28. The topological polar surface area (TPSA) is 61.0 Å². The van der Waals surface area contributed by atoms with Gasteiger partial charge in [0, 0.05) is 25.0 Å². The van der Waals surface area contributed by atoms with Crippen LogP contribution in [0.5, 0.6) is 0 Å². The molecule has 1 fully saturated rings. The third-order valence-corrected chi connectivity index (χ3v) is 2.75. The van der Waals surface area contributed by atoms with Crippen molar-refractivity contribution in [2.45, 2.75) is 18.8 Å². The highest BCUT2D eigenvalue weighted by Gasteiger charge is 2.19. The lowest BCUT2D eigenvalue weighted by Crippen LogP contribution is -2.15. The van der Waals surface area contributed by atoms with Crippen molar-refractivity contribution in [2.75, 3.05) is 18.9 Å². The minimum absolute atomic E-state index is 0.228. The number of nitrogen functional groups attached to an aromatic ring is 1. The zero-order valence-electron chi connectivity index (χ0n) is 7.74. The number of nitrogens with zero attached hydrogens (tertiary/aromatic N) is 2. The van der Waals surface area contributed by atoms with Crippen molar-refractivity contribution in [3.8, 4) is 0 Å². The SMILES string of the molecule is Nc1ncc(C2CCOCC2)c(Cl)n1. The van der Waals surface area contributed by atoms with Gasteiger partial charge in [0.15, 0.2) is 0 Å². The Hall–Kier alpha value is -0.870. The van der Waals surface area contributed by atoms with Crippen LogP contribution in [0, 0.1) is 0 Å². The molecule has 14 heavy (non-hydrogen) atoms. The number of hydrogen-bond acceptors (Lipinski definition) is 4. The molecule has 0 aliphatic carbocycles. The van der Waals surface area contributed by atoms with Crippen LogP contribution in [0.2, 0.25) is 5.15 Å². The molecule has 2 rings (SSSR count). The maximum atomic E-state index is 5.99. The van der Waals surface area contributed by atoms with Crippen molar-refractivity contribution in [3.05, 3.63) is 16.9 Å². The highest BCUT2D eigenvalue weighted by Crippen LogP contribution is 2.30. The summed E-state index contributed by atoms with van der Waals surface area (Å²) in [6.07, 6.45) is 3.68. The molecule has 0 aromatic carbocycles. The fourth-order valence-electron chi connectivity index (χ4n) is 1.67. The summed E-state index contributed by atoms with van der Waals surface area (Å²) in [7, 11) is 0. The van der Waals surface area contributed by atoms with Crippen LogP contribution in [0.4, 0.5) is 5.95 Å². The highest BCUT2D eigenvalue weighted by molar-refractivity contribution is 6.30. The summed E-state index contributed by atoms with van der Waals surface area (Å²) in [5.74, 6) is 0.641. The van der Waals surface area contributed by atoms with E-state index in [1.54, 1.807) is 6.20 Å².